The van der Waals surface area contributed by atoms with E-state index in [1.807, 2.05) is 13.2 Å². The molecule has 7 heteroatoms. The zero-order valence-corrected chi connectivity index (χ0v) is 20.9. The Morgan fingerprint density at radius 2 is 1.93 bits per heavy atom. The van der Waals surface area contributed by atoms with Gasteiger partial charge in [-0.25, -0.2) is 4.98 Å². The molecular weight excluding hydrogens is 493 g/mol. The number of rotatable bonds is 7. The van der Waals surface area contributed by atoms with E-state index in [2.05, 4.69) is 63.6 Å². The molecule has 2 heterocycles. The van der Waals surface area contributed by atoms with Crippen molar-refractivity contribution in [3.63, 3.8) is 0 Å². The van der Waals surface area contributed by atoms with Crippen LogP contribution in [0.2, 0.25) is 0 Å². The van der Waals surface area contributed by atoms with Gasteiger partial charge in [-0.1, -0.05) is 26.0 Å². The molecule has 1 aromatic heterocycles. The van der Waals surface area contributed by atoms with E-state index >= 15 is 0 Å². The van der Waals surface area contributed by atoms with Crippen molar-refractivity contribution in [3.8, 4) is 0 Å². The molecule has 0 aliphatic carbocycles. The van der Waals surface area contributed by atoms with Crippen molar-refractivity contribution < 1.29 is 0 Å². The maximum atomic E-state index is 4.47. The third-order valence-corrected chi connectivity index (χ3v) is 6.55. The summed E-state index contributed by atoms with van der Waals surface area (Å²) in [6.45, 7) is 8.48. The van der Waals surface area contributed by atoms with Crippen LogP contribution in [0.1, 0.15) is 42.1 Å². The van der Waals surface area contributed by atoms with Crippen LogP contribution in [0.3, 0.4) is 0 Å². The minimum absolute atomic E-state index is 0. The van der Waals surface area contributed by atoms with Gasteiger partial charge in [0.25, 0.3) is 0 Å². The lowest BCUT2D eigenvalue weighted by atomic mass is 9.99. The van der Waals surface area contributed by atoms with Gasteiger partial charge in [0.1, 0.15) is 0 Å². The van der Waals surface area contributed by atoms with Crippen LogP contribution in [0.15, 0.2) is 35.5 Å². The van der Waals surface area contributed by atoms with E-state index in [-0.39, 0.29) is 24.0 Å². The third-order valence-electron chi connectivity index (χ3n) is 5.35. The van der Waals surface area contributed by atoms with Gasteiger partial charge in [0, 0.05) is 56.4 Å². The highest BCUT2D eigenvalue weighted by molar-refractivity contribution is 14.0. The summed E-state index contributed by atoms with van der Waals surface area (Å²) in [6, 6.07) is 8.93. The Balaban J connectivity index is 0.00000300. The van der Waals surface area contributed by atoms with Crippen molar-refractivity contribution in [2.24, 2.45) is 10.9 Å². The quantitative estimate of drug-likeness (QED) is 0.317. The largest absolute Gasteiger partial charge is 0.372 e. The number of guanidine groups is 1. The number of aliphatic imine (C=N–C) groups is 1. The molecule has 0 saturated carbocycles. The summed E-state index contributed by atoms with van der Waals surface area (Å²) in [5.41, 5.74) is 2.61. The topological polar surface area (TPSA) is 52.6 Å². The molecule has 0 bridgehead atoms. The highest BCUT2D eigenvalue weighted by Gasteiger charge is 2.15. The average molecular weight is 528 g/mol. The number of hydrogen-bond acceptors (Lipinski definition) is 4. The highest BCUT2D eigenvalue weighted by Crippen LogP contribution is 2.23. The average Bonchev–Trinajstić information content (AvgIpc) is 3.19. The first-order valence-electron chi connectivity index (χ1n) is 10.4. The van der Waals surface area contributed by atoms with Crippen molar-refractivity contribution in [1.82, 2.24) is 15.6 Å². The first kappa shape index (κ1) is 23.9. The summed E-state index contributed by atoms with van der Waals surface area (Å²) in [4.78, 5) is 12.6. The van der Waals surface area contributed by atoms with Crippen molar-refractivity contribution in [2.75, 3.05) is 31.6 Å². The van der Waals surface area contributed by atoms with Crippen molar-refractivity contribution in [1.29, 1.82) is 0 Å². The zero-order valence-electron chi connectivity index (χ0n) is 17.8. The Kier molecular flexibility index (Phi) is 10.2. The number of benzene rings is 1. The van der Waals surface area contributed by atoms with Crippen LogP contribution in [0.5, 0.6) is 0 Å². The second-order valence-corrected chi connectivity index (χ2v) is 8.71. The van der Waals surface area contributed by atoms with Crippen LogP contribution >= 0.6 is 35.3 Å². The number of nitrogens with one attached hydrogen (secondary N) is 2. The molecule has 1 saturated heterocycles. The molecule has 5 nitrogen and oxygen atoms in total. The van der Waals surface area contributed by atoms with Crippen LogP contribution in [0.4, 0.5) is 5.69 Å². The lowest BCUT2D eigenvalue weighted by molar-refractivity contribution is 0.438. The second-order valence-electron chi connectivity index (χ2n) is 7.51. The van der Waals surface area contributed by atoms with Gasteiger partial charge in [0.05, 0.1) is 5.01 Å². The summed E-state index contributed by atoms with van der Waals surface area (Å²) >= 11 is 1.80. The minimum atomic E-state index is 0. The van der Waals surface area contributed by atoms with Crippen LogP contribution in [-0.2, 0) is 19.4 Å². The molecule has 2 aromatic rings. The molecule has 0 radical (unpaired) electrons. The third kappa shape index (κ3) is 7.44. The fourth-order valence-corrected chi connectivity index (χ4v) is 4.27. The van der Waals surface area contributed by atoms with Crippen LogP contribution < -0.4 is 15.5 Å². The van der Waals surface area contributed by atoms with Crippen molar-refractivity contribution in [2.45, 2.75) is 46.1 Å². The number of aryl methyl sites for hydroxylation is 1. The number of thiazole rings is 1. The Hall–Kier alpha value is -1.35. The van der Waals surface area contributed by atoms with Gasteiger partial charge in [0.15, 0.2) is 5.96 Å². The molecule has 1 aliphatic heterocycles. The standard InChI is InChI=1S/C22H33N5S.HI/c1-4-20-16-25-21(28-20)9-12-24-22(23-3)26-15-18-5-7-19(8-6-18)27-13-10-17(2)11-14-27;/h5-8,16-17H,4,9-15H2,1-3H3,(H2,23,24,26);1H. The highest BCUT2D eigenvalue weighted by atomic mass is 127. The smallest absolute Gasteiger partial charge is 0.191 e. The number of piperidine rings is 1. The van der Waals surface area contributed by atoms with E-state index in [0.717, 1.165) is 37.8 Å². The summed E-state index contributed by atoms with van der Waals surface area (Å²) in [7, 11) is 1.81. The zero-order chi connectivity index (χ0) is 19.8. The molecule has 1 aromatic carbocycles. The summed E-state index contributed by atoms with van der Waals surface area (Å²) in [5, 5.41) is 7.96. The fraction of sp³-hybridized carbons (Fsp3) is 0.545. The number of nitrogens with zero attached hydrogens (tertiary/aromatic N) is 3. The van der Waals surface area contributed by atoms with E-state index < -0.39 is 0 Å². The summed E-state index contributed by atoms with van der Waals surface area (Å²) in [5.74, 6) is 1.70. The van der Waals surface area contributed by atoms with Gasteiger partial charge in [-0.2, -0.15) is 0 Å². The van der Waals surface area contributed by atoms with Crippen molar-refractivity contribution in [3.05, 3.63) is 45.9 Å². The molecule has 2 N–H and O–H groups in total. The van der Waals surface area contributed by atoms with Gasteiger partial charge in [-0.3, -0.25) is 4.99 Å². The molecule has 1 fully saturated rings. The second kappa shape index (κ2) is 12.4. The molecule has 29 heavy (non-hydrogen) atoms. The Morgan fingerprint density at radius 3 is 2.55 bits per heavy atom. The SMILES string of the molecule is CCc1cnc(CCNC(=NC)NCc2ccc(N3CCC(C)CC3)cc2)s1.I. The summed E-state index contributed by atoms with van der Waals surface area (Å²) < 4.78 is 0. The van der Waals surface area contributed by atoms with Gasteiger partial charge in [0.2, 0.25) is 0 Å². The minimum Gasteiger partial charge on any atom is -0.372 e. The Labute approximate surface area is 196 Å². The van der Waals surface area contributed by atoms with Crippen LogP contribution in [-0.4, -0.2) is 37.6 Å². The van der Waals surface area contributed by atoms with E-state index in [0.29, 0.717) is 0 Å². The predicted molar refractivity (Wildman–Crippen MR) is 136 cm³/mol. The van der Waals surface area contributed by atoms with Gasteiger partial charge in [-0.05, 0) is 42.9 Å². The maximum absolute atomic E-state index is 4.47. The Morgan fingerprint density at radius 1 is 1.21 bits per heavy atom. The van der Waals surface area contributed by atoms with Gasteiger partial charge in [-0.15, -0.1) is 35.3 Å². The van der Waals surface area contributed by atoms with Crippen LogP contribution in [0.25, 0.3) is 0 Å². The molecule has 0 atom stereocenters. The first-order valence-corrected chi connectivity index (χ1v) is 11.2. The predicted octanol–water partition coefficient (Wildman–Crippen LogP) is 4.47. The molecule has 160 valence electrons. The number of aromatic nitrogens is 1. The maximum Gasteiger partial charge on any atom is 0.191 e. The van der Waals surface area contributed by atoms with Gasteiger partial charge < -0.3 is 15.5 Å². The van der Waals surface area contributed by atoms with E-state index in [9.17, 15) is 0 Å². The molecule has 0 spiro atoms. The number of hydrogen-bond donors (Lipinski definition) is 2. The lowest BCUT2D eigenvalue weighted by Crippen LogP contribution is -2.37. The molecule has 1 aliphatic rings. The molecule has 0 unspecified atom stereocenters. The Bertz CT molecular complexity index is 751. The van der Waals surface area contributed by atoms with Crippen molar-refractivity contribution >= 4 is 47.0 Å². The molecular formula is C22H34IN5S. The van der Waals surface area contributed by atoms with E-state index in [1.165, 1.54) is 47.1 Å². The molecule has 3 rings (SSSR count). The monoisotopic (exact) mass is 527 g/mol. The van der Waals surface area contributed by atoms with Crippen LogP contribution in [0, 0.1) is 5.92 Å². The molecule has 0 amide bonds. The lowest BCUT2D eigenvalue weighted by Gasteiger charge is -2.32. The van der Waals surface area contributed by atoms with E-state index in [1.54, 1.807) is 11.3 Å². The fourth-order valence-electron chi connectivity index (χ4n) is 3.41. The number of halogens is 1. The normalized spacial score (nSPS) is 15.1. The first-order chi connectivity index (χ1) is 13.7. The number of anilines is 1. The summed E-state index contributed by atoms with van der Waals surface area (Å²) in [6.07, 6.45) is 6.57. The van der Waals surface area contributed by atoms with E-state index in [4.69, 9.17) is 0 Å². The van der Waals surface area contributed by atoms with Gasteiger partial charge >= 0.3 is 0 Å².